The minimum Gasteiger partial charge on any atom is -0.374 e. The highest BCUT2D eigenvalue weighted by Crippen LogP contribution is 2.24. The number of anilines is 2. The van der Waals surface area contributed by atoms with Gasteiger partial charge in [-0.1, -0.05) is 16.6 Å². The molecule has 2 rings (SSSR count). The molecule has 102 valence electrons. The number of halogens is 1. The van der Waals surface area contributed by atoms with Gasteiger partial charge in [0.25, 0.3) is 0 Å². The van der Waals surface area contributed by atoms with E-state index in [-0.39, 0.29) is 5.82 Å². The van der Waals surface area contributed by atoms with Crippen molar-refractivity contribution in [1.82, 2.24) is 9.59 Å². The van der Waals surface area contributed by atoms with Gasteiger partial charge < -0.3 is 10.2 Å². The van der Waals surface area contributed by atoms with Crippen LogP contribution in [0.15, 0.2) is 24.3 Å². The van der Waals surface area contributed by atoms with Crippen molar-refractivity contribution < 1.29 is 4.39 Å². The minimum atomic E-state index is -0.211. The summed E-state index contributed by atoms with van der Waals surface area (Å²) in [5.41, 5.74) is 1.46. The summed E-state index contributed by atoms with van der Waals surface area (Å²) in [6.45, 7) is 6.11. The fourth-order valence-corrected chi connectivity index (χ4v) is 2.50. The van der Waals surface area contributed by atoms with E-state index in [1.807, 2.05) is 24.8 Å². The van der Waals surface area contributed by atoms with Gasteiger partial charge in [-0.2, -0.15) is 0 Å². The van der Waals surface area contributed by atoms with Crippen LogP contribution in [0, 0.1) is 5.82 Å². The highest BCUT2D eigenvalue weighted by Gasteiger charge is 2.14. The van der Waals surface area contributed by atoms with E-state index in [0.29, 0.717) is 18.8 Å². The molecular formula is C13H17FN4S. The van der Waals surface area contributed by atoms with E-state index in [1.165, 1.54) is 17.6 Å². The summed E-state index contributed by atoms with van der Waals surface area (Å²) >= 11 is 1.33. The van der Waals surface area contributed by atoms with Gasteiger partial charge in [0.1, 0.15) is 16.5 Å². The first-order valence-corrected chi connectivity index (χ1v) is 7.08. The largest absolute Gasteiger partial charge is 0.374 e. The quantitative estimate of drug-likeness (QED) is 0.882. The highest BCUT2D eigenvalue weighted by atomic mass is 32.1. The lowest BCUT2D eigenvalue weighted by Gasteiger charge is -2.22. The molecule has 1 aromatic heterocycles. The van der Waals surface area contributed by atoms with Gasteiger partial charge in [0.05, 0.1) is 12.2 Å². The number of aromatic nitrogens is 2. The molecule has 1 heterocycles. The number of nitrogens with zero attached hydrogens (tertiary/aromatic N) is 3. The van der Waals surface area contributed by atoms with Gasteiger partial charge >= 0.3 is 0 Å². The Morgan fingerprint density at radius 1 is 1.32 bits per heavy atom. The Morgan fingerprint density at radius 2 is 2.11 bits per heavy atom. The van der Waals surface area contributed by atoms with Gasteiger partial charge in [-0.3, -0.25) is 0 Å². The number of rotatable bonds is 6. The fraction of sp³-hybridized carbons (Fsp3) is 0.385. The molecule has 0 aliphatic carbocycles. The third-order valence-electron chi connectivity index (χ3n) is 2.81. The Bertz CT molecular complexity index is 529. The molecule has 0 aliphatic rings. The molecule has 0 spiro atoms. The normalized spacial score (nSPS) is 10.5. The van der Waals surface area contributed by atoms with E-state index in [9.17, 15) is 4.39 Å². The summed E-state index contributed by atoms with van der Waals surface area (Å²) in [6.07, 6.45) is 0. The summed E-state index contributed by atoms with van der Waals surface area (Å²) in [5, 5.41) is 8.30. The Hall–Kier alpha value is -1.69. The third-order valence-corrected chi connectivity index (χ3v) is 3.53. The van der Waals surface area contributed by atoms with Crippen molar-refractivity contribution in [2.45, 2.75) is 20.4 Å². The van der Waals surface area contributed by atoms with Crippen molar-refractivity contribution in [3.63, 3.8) is 0 Å². The fourth-order valence-electron chi connectivity index (χ4n) is 1.86. The molecule has 1 aromatic carbocycles. The highest BCUT2D eigenvalue weighted by molar-refractivity contribution is 7.10. The number of hydrogen-bond donors (Lipinski definition) is 1. The molecule has 0 bridgehead atoms. The van der Waals surface area contributed by atoms with E-state index in [1.54, 1.807) is 12.1 Å². The maximum atomic E-state index is 13.8. The van der Waals surface area contributed by atoms with E-state index < -0.39 is 0 Å². The summed E-state index contributed by atoms with van der Waals surface area (Å²) in [5.74, 6) is -0.211. The Kier molecular flexibility index (Phi) is 4.68. The van der Waals surface area contributed by atoms with Crippen LogP contribution in [0.3, 0.4) is 0 Å². The summed E-state index contributed by atoms with van der Waals surface area (Å²) in [7, 11) is 0. The van der Waals surface area contributed by atoms with Gasteiger partial charge in [0, 0.05) is 24.6 Å². The first-order chi connectivity index (χ1) is 9.26. The number of hydrogen-bond acceptors (Lipinski definition) is 5. The van der Waals surface area contributed by atoms with Gasteiger partial charge in [0.15, 0.2) is 0 Å². The smallest absolute Gasteiger partial charge is 0.146 e. The first kappa shape index (κ1) is 13.7. The van der Waals surface area contributed by atoms with E-state index >= 15 is 0 Å². The van der Waals surface area contributed by atoms with Crippen molar-refractivity contribution in [3.05, 3.63) is 35.8 Å². The maximum Gasteiger partial charge on any atom is 0.146 e. The van der Waals surface area contributed by atoms with Crippen LogP contribution in [0.5, 0.6) is 0 Å². The molecule has 0 aliphatic heterocycles. The van der Waals surface area contributed by atoms with E-state index in [4.69, 9.17) is 0 Å². The molecule has 0 fully saturated rings. The van der Waals surface area contributed by atoms with Crippen LogP contribution >= 0.6 is 11.5 Å². The standard InChI is InChI=1S/C13H17FN4S/c1-3-15-13-11(16-17-19-13)9-18(4-2)12-8-6-5-7-10(12)14/h5-8,15H,3-4,9H2,1-2H3. The van der Waals surface area contributed by atoms with Crippen LogP contribution in [0.4, 0.5) is 15.1 Å². The zero-order valence-electron chi connectivity index (χ0n) is 11.1. The predicted molar refractivity (Wildman–Crippen MR) is 77.2 cm³/mol. The lowest BCUT2D eigenvalue weighted by atomic mass is 10.2. The van der Waals surface area contributed by atoms with Crippen molar-refractivity contribution in [2.75, 3.05) is 23.3 Å². The molecule has 0 amide bonds. The number of nitrogens with one attached hydrogen (secondary N) is 1. The molecule has 2 aromatic rings. The predicted octanol–water partition coefficient (Wildman–Crippen LogP) is 3.14. The maximum absolute atomic E-state index is 13.8. The Labute approximate surface area is 116 Å². The number of benzene rings is 1. The van der Waals surface area contributed by atoms with Crippen molar-refractivity contribution in [3.8, 4) is 0 Å². The second-order valence-corrected chi connectivity index (χ2v) is 4.80. The molecule has 6 heteroatoms. The summed E-state index contributed by atoms with van der Waals surface area (Å²) in [4.78, 5) is 1.95. The van der Waals surface area contributed by atoms with Crippen LogP contribution in [-0.4, -0.2) is 22.7 Å². The molecule has 0 radical (unpaired) electrons. The Balaban J connectivity index is 2.19. The van der Waals surface area contributed by atoms with Gasteiger partial charge in [0.2, 0.25) is 0 Å². The lowest BCUT2D eigenvalue weighted by molar-refractivity contribution is 0.617. The molecular weight excluding hydrogens is 263 g/mol. The second-order valence-electron chi connectivity index (χ2n) is 4.04. The van der Waals surface area contributed by atoms with Gasteiger partial charge in [-0.05, 0) is 26.0 Å². The summed E-state index contributed by atoms with van der Waals surface area (Å²) in [6, 6.07) is 6.79. The topological polar surface area (TPSA) is 41.1 Å². The van der Waals surface area contributed by atoms with Crippen LogP contribution in [-0.2, 0) is 6.54 Å². The molecule has 19 heavy (non-hydrogen) atoms. The molecule has 1 N–H and O–H groups in total. The minimum absolute atomic E-state index is 0.211. The van der Waals surface area contributed by atoms with Gasteiger partial charge in [-0.25, -0.2) is 4.39 Å². The molecule has 0 saturated heterocycles. The first-order valence-electron chi connectivity index (χ1n) is 6.30. The van der Waals surface area contributed by atoms with Crippen LogP contribution in [0.2, 0.25) is 0 Å². The monoisotopic (exact) mass is 280 g/mol. The third kappa shape index (κ3) is 3.20. The van der Waals surface area contributed by atoms with Gasteiger partial charge in [-0.15, -0.1) is 5.10 Å². The average molecular weight is 280 g/mol. The van der Waals surface area contributed by atoms with Crippen LogP contribution in [0.1, 0.15) is 19.5 Å². The molecule has 0 saturated carbocycles. The average Bonchev–Trinajstić information content (AvgIpc) is 2.85. The van der Waals surface area contributed by atoms with Crippen molar-refractivity contribution in [1.29, 1.82) is 0 Å². The number of para-hydroxylation sites is 1. The SMILES string of the molecule is CCNc1snnc1CN(CC)c1ccccc1F. The summed E-state index contributed by atoms with van der Waals surface area (Å²) < 4.78 is 17.8. The molecule has 4 nitrogen and oxygen atoms in total. The van der Waals surface area contributed by atoms with E-state index in [2.05, 4.69) is 14.9 Å². The molecule has 0 unspecified atom stereocenters. The second kappa shape index (κ2) is 6.47. The molecule has 0 atom stereocenters. The zero-order valence-corrected chi connectivity index (χ0v) is 11.9. The van der Waals surface area contributed by atoms with Crippen molar-refractivity contribution >= 4 is 22.2 Å². The van der Waals surface area contributed by atoms with E-state index in [0.717, 1.165) is 17.2 Å². The zero-order chi connectivity index (χ0) is 13.7. The van der Waals surface area contributed by atoms with Crippen molar-refractivity contribution in [2.24, 2.45) is 0 Å². The van der Waals surface area contributed by atoms with Crippen LogP contribution < -0.4 is 10.2 Å². The Morgan fingerprint density at radius 3 is 2.79 bits per heavy atom. The van der Waals surface area contributed by atoms with Crippen LogP contribution in [0.25, 0.3) is 0 Å². The lowest BCUT2D eigenvalue weighted by Crippen LogP contribution is -2.23.